The summed E-state index contributed by atoms with van der Waals surface area (Å²) >= 11 is 0. The van der Waals surface area contributed by atoms with Crippen molar-refractivity contribution in [1.82, 2.24) is 15.5 Å². The molecule has 2 rings (SSSR count). The quantitative estimate of drug-likeness (QED) is 0.384. The molecule has 1 aliphatic heterocycles. The Labute approximate surface area is 163 Å². The van der Waals surface area contributed by atoms with Crippen molar-refractivity contribution in [3.8, 4) is 5.75 Å². The number of halogens is 1. The van der Waals surface area contributed by atoms with Crippen molar-refractivity contribution in [2.75, 3.05) is 33.2 Å². The fraction of sp³-hybridized carbons (Fsp3) is 0.611. The summed E-state index contributed by atoms with van der Waals surface area (Å²) in [5, 5.41) is 6.78. The molecule has 0 fully saturated rings. The van der Waals surface area contributed by atoms with Gasteiger partial charge in [0.1, 0.15) is 11.9 Å². The lowest BCUT2D eigenvalue weighted by atomic mass is 10.1. The van der Waals surface area contributed by atoms with Gasteiger partial charge in [-0.2, -0.15) is 0 Å². The molecular weight excluding hydrogens is 415 g/mol. The van der Waals surface area contributed by atoms with Gasteiger partial charge < -0.3 is 15.4 Å². The Morgan fingerprint density at radius 3 is 2.62 bits per heavy atom. The molecule has 0 bridgehead atoms. The number of likely N-dealkylation sites (N-methyl/N-ethyl adjacent to an activating group) is 1. The molecule has 0 aromatic heterocycles. The third kappa shape index (κ3) is 5.81. The van der Waals surface area contributed by atoms with Gasteiger partial charge in [-0.15, -0.1) is 24.0 Å². The van der Waals surface area contributed by atoms with Crippen LogP contribution >= 0.6 is 24.0 Å². The lowest BCUT2D eigenvalue weighted by molar-refractivity contribution is 0.228. The van der Waals surface area contributed by atoms with Crippen LogP contribution in [0.4, 0.5) is 0 Å². The minimum absolute atomic E-state index is 0. The van der Waals surface area contributed by atoms with Gasteiger partial charge >= 0.3 is 0 Å². The number of hydrogen-bond acceptors (Lipinski definition) is 3. The molecule has 2 unspecified atom stereocenters. The first-order valence-corrected chi connectivity index (χ1v) is 8.61. The maximum atomic E-state index is 5.95. The molecule has 1 heterocycles. The highest BCUT2D eigenvalue weighted by Gasteiger charge is 2.22. The van der Waals surface area contributed by atoms with Gasteiger partial charge in [0.25, 0.3) is 0 Å². The lowest BCUT2D eigenvalue weighted by Gasteiger charge is -2.27. The van der Waals surface area contributed by atoms with E-state index in [1.165, 1.54) is 5.56 Å². The van der Waals surface area contributed by atoms with Crippen molar-refractivity contribution in [2.45, 2.75) is 39.3 Å². The van der Waals surface area contributed by atoms with Crippen molar-refractivity contribution in [3.05, 3.63) is 29.8 Å². The molecule has 0 amide bonds. The van der Waals surface area contributed by atoms with Crippen LogP contribution in [0, 0.1) is 0 Å². The SMILES string of the molecule is CCN(CC)C(C)CNC(=NC)NCC1Cc2ccccc2O1.I. The third-order valence-corrected chi connectivity index (χ3v) is 4.44. The average Bonchev–Trinajstić information content (AvgIpc) is 2.99. The minimum atomic E-state index is 0. The Kier molecular flexibility index (Phi) is 9.43. The summed E-state index contributed by atoms with van der Waals surface area (Å²) in [5.74, 6) is 1.85. The molecular formula is C18H31IN4O. The second-order valence-corrected chi connectivity index (χ2v) is 5.96. The normalized spacial score (nSPS) is 17.7. The predicted octanol–water partition coefficient (Wildman–Crippen LogP) is 2.50. The fourth-order valence-corrected chi connectivity index (χ4v) is 3.02. The van der Waals surface area contributed by atoms with Crippen LogP contribution in [0.15, 0.2) is 29.3 Å². The van der Waals surface area contributed by atoms with Crippen molar-refractivity contribution in [1.29, 1.82) is 0 Å². The zero-order valence-corrected chi connectivity index (χ0v) is 17.5. The fourth-order valence-electron chi connectivity index (χ4n) is 3.02. The number of nitrogens with one attached hydrogen (secondary N) is 2. The average molecular weight is 446 g/mol. The number of rotatable bonds is 7. The number of para-hydroxylation sites is 1. The Bertz CT molecular complexity index is 494. The Morgan fingerprint density at radius 2 is 2.00 bits per heavy atom. The van der Waals surface area contributed by atoms with Gasteiger partial charge in [0.2, 0.25) is 0 Å². The minimum Gasteiger partial charge on any atom is -0.488 e. The van der Waals surface area contributed by atoms with Crippen molar-refractivity contribution in [3.63, 3.8) is 0 Å². The highest BCUT2D eigenvalue weighted by Crippen LogP contribution is 2.27. The molecule has 1 aromatic carbocycles. The summed E-state index contributed by atoms with van der Waals surface area (Å²) < 4.78 is 5.95. The molecule has 6 heteroatoms. The van der Waals surface area contributed by atoms with Crippen molar-refractivity contribution in [2.24, 2.45) is 4.99 Å². The number of nitrogens with zero attached hydrogens (tertiary/aromatic N) is 2. The highest BCUT2D eigenvalue weighted by atomic mass is 127. The van der Waals surface area contributed by atoms with E-state index < -0.39 is 0 Å². The molecule has 24 heavy (non-hydrogen) atoms. The standard InChI is InChI=1S/C18H30N4O.HI/c1-5-22(6-2)14(3)12-20-18(19-4)21-13-16-11-15-9-7-8-10-17(15)23-16;/h7-10,14,16H,5-6,11-13H2,1-4H3,(H2,19,20,21);1H. The number of guanidine groups is 1. The molecule has 0 radical (unpaired) electrons. The van der Waals surface area contributed by atoms with Crippen LogP contribution in [-0.4, -0.2) is 56.2 Å². The molecule has 2 atom stereocenters. The van der Waals surface area contributed by atoms with Crippen LogP contribution in [0.5, 0.6) is 5.75 Å². The van der Waals surface area contributed by atoms with E-state index in [9.17, 15) is 0 Å². The van der Waals surface area contributed by atoms with Crippen LogP contribution in [0.3, 0.4) is 0 Å². The molecule has 5 nitrogen and oxygen atoms in total. The zero-order chi connectivity index (χ0) is 16.7. The molecule has 0 aliphatic carbocycles. The monoisotopic (exact) mass is 446 g/mol. The first-order chi connectivity index (χ1) is 11.2. The largest absolute Gasteiger partial charge is 0.488 e. The maximum Gasteiger partial charge on any atom is 0.191 e. The van der Waals surface area contributed by atoms with Gasteiger partial charge in [-0.3, -0.25) is 9.89 Å². The van der Waals surface area contributed by atoms with Gasteiger partial charge in [0, 0.05) is 26.1 Å². The molecule has 0 saturated heterocycles. The van der Waals surface area contributed by atoms with Crippen LogP contribution in [0.2, 0.25) is 0 Å². The van der Waals surface area contributed by atoms with E-state index in [1.54, 1.807) is 0 Å². The van der Waals surface area contributed by atoms with E-state index in [0.29, 0.717) is 6.04 Å². The number of ether oxygens (including phenoxy) is 1. The molecule has 2 N–H and O–H groups in total. The molecule has 1 aliphatic rings. The van der Waals surface area contributed by atoms with Gasteiger partial charge in [0.05, 0.1) is 6.54 Å². The van der Waals surface area contributed by atoms with E-state index in [4.69, 9.17) is 4.74 Å². The summed E-state index contributed by atoms with van der Waals surface area (Å²) in [7, 11) is 1.81. The summed E-state index contributed by atoms with van der Waals surface area (Å²) in [6.45, 7) is 10.4. The van der Waals surface area contributed by atoms with Gasteiger partial charge in [0.15, 0.2) is 5.96 Å². The first kappa shape index (κ1) is 21.0. The van der Waals surface area contributed by atoms with Crippen molar-refractivity contribution >= 4 is 29.9 Å². The van der Waals surface area contributed by atoms with E-state index in [0.717, 1.165) is 44.3 Å². The summed E-state index contributed by atoms with van der Waals surface area (Å²) in [6, 6.07) is 8.73. The maximum absolute atomic E-state index is 5.95. The van der Waals surface area contributed by atoms with Crippen LogP contribution in [0.25, 0.3) is 0 Å². The number of fused-ring (bicyclic) bond motifs is 1. The lowest BCUT2D eigenvalue weighted by Crippen LogP contribution is -2.47. The second kappa shape index (κ2) is 10.8. The Balaban J connectivity index is 0.00000288. The molecule has 1 aromatic rings. The Morgan fingerprint density at radius 1 is 1.29 bits per heavy atom. The molecule has 0 saturated carbocycles. The number of benzene rings is 1. The summed E-state index contributed by atoms with van der Waals surface area (Å²) in [5.41, 5.74) is 1.29. The van der Waals surface area contributed by atoms with Gasteiger partial charge in [-0.05, 0) is 31.6 Å². The van der Waals surface area contributed by atoms with E-state index in [1.807, 2.05) is 19.2 Å². The second-order valence-electron chi connectivity index (χ2n) is 5.96. The van der Waals surface area contributed by atoms with E-state index >= 15 is 0 Å². The van der Waals surface area contributed by atoms with Crippen molar-refractivity contribution < 1.29 is 4.74 Å². The summed E-state index contributed by atoms with van der Waals surface area (Å²) in [6.07, 6.45) is 1.13. The van der Waals surface area contributed by atoms with Crippen LogP contribution in [0.1, 0.15) is 26.3 Å². The van der Waals surface area contributed by atoms with Gasteiger partial charge in [-0.1, -0.05) is 32.0 Å². The summed E-state index contributed by atoms with van der Waals surface area (Å²) in [4.78, 5) is 6.73. The smallest absolute Gasteiger partial charge is 0.191 e. The predicted molar refractivity (Wildman–Crippen MR) is 112 cm³/mol. The first-order valence-electron chi connectivity index (χ1n) is 8.61. The van der Waals surface area contributed by atoms with Gasteiger partial charge in [-0.25, -0.2) is 0 Å². The third-order valence-electron chi connectivity index (χ3n) is 4.44. The highest BCUT2D eigenvalue weighted by molar-refractivity contribution is 14.0. The zero-order valence-electron chi connectivity index (χ0n) is 15.2. The topological polar surface area (TPSA) is 48.9 Å². The molecule has 0 spiro atoms. The number of aliphatic imine (C=N–C) groups is 1. The van der Waals surface area contributed by atoms with E-state index in [-0.39, 0.29) is 30.1 Å². The Hall–Kier alpha value is -1.02. The number of hydrogen-bond donors (Lipinski definition) is 2. The van der Waals surface area contributed by atoms with Crippen LogP contribution in [-0.2, 0) is 6.42 Å². The van der Waals surface area contributed by atoms with Crippen LogP contribution < -0.4 is 15.4 Å². The van der Waals surface area contributed by atoms with E-state index in [2.05, 4.69) is 53.4 Å². The molecule has 136 valence electrons.